The van der Waals surface area contributed by atoms with Crippen LogP contribution in [-0.2, 0) is 22.6 Å². The van der Waals surface area contributed by atoms with Crippen molar-refractivity contribution >= 4 is 40.9 Å². The summed E-state index contributed by atoms with van der Waals surface area (Å²) in [5.41, 5.74) is 1.75. The molecule has 1 saturated heterocycles. The lowest BCUT2D eigenvalue weighted by molar-refractivity contribution is -0.384. The average molecular weight is 508 g/mol. The Bertz CT molecular complexity index is 1270. The van der Waals surface area contributed by atoms with Crippen LogP contribution in [0.25, 0.3) is 6.08 Å². The lowest BCUT2D eigenvalue weighted by Gasteiger charge is -2.27. The number of hydrogen-bond acceptors (Lipinski definition) is 7. The molecule has 3 rings (SSSR count). The molecule has 2 aromatic rings. The van der Waals surface area contributed by atoms with Crippen LogP contribution in [0, 0.1) is 10.1 Å². The van der Waals surface area contributed by atoms with Gasteiger partial charge in [0.25, 0.3) is 17.5 Å². The standard InChI is InChI=1S/C26H25N3O6S/c1-4-8-19-12-18(14-21-24(30)27-26(36)28(11-5-2)25(21)31)15-22(34-6-3)23(19)35-16-17-9-7-10-20(13-17)29(32)33/h4-5,7,9-10,12-15H,1-2,6,8,11,16H2,3H3,(H,27,30,36)/b21-14+. The fourth-order valence-corrected chi connectivity index (χ4v) is 3.82. The molecule has 1 heterocycles. The fraction of sp³-hybridized carbons (Fsp3) is 0.192. The smallest absolute Gasteiger partial charge is 0.269 e. The van der Waals surface area contributed by atoms with Crippen LogP contribution in [-0.4, -0.2) is 39.9 Å². The highest BCUT2D eigenvalue weighted by Crippen LogP contribution is 2.35. The van der Waals surface area contributed by atoms with E-state index in [-0.39, 0.29) is 29.5 Å². The number of benzene rings is 2. The van der Waals surface area contributed by atoms with Gasteiger partial charge < -0.3 is 9.47 Å². The second-order valence-corrected chi connectivity index (χ2v) is 8.06. The minimum absolute atomic E-state index is 0.0225. The van der Waals surface area contributed by atoms with Gasteiger partial charge in [0.1, 0.15) is 12.2 Å². The first-order valence-corrected chi connectivity index (χ1v) is 11.5. The first-order chi connectivity index (χ1) is 17.3. The molecule has 2 aromatic carbocycles. The van der Waals surface area contributed by atoms with Crippen LogP contribution in [0.15, 0.2) is 67.3 Å². The Hall–Kier alpha value is -4.31. The molecule has 10 heteroatoms. The Morgan fingerprint density at radius 2 is 1.94 bits per heavy atom. The van der Waals surface area contributed by atoms with Gasteiger partial charge in [-0.15, -0.1) is 13.2 Å². The molecule has 0 bridgehead atoms. The summed E-state index contributed by atoms with van der Waals surface area (Å²) in [5.74, 6) is -0.284. The molecular weight excluding hydrogens is 482 g/mol. The molecule has 0 aliphatic carbocycles. The Kier molecular flexibility index (Phi) is 8.69. The van der Waals surface area contributed by atoms with E-state index in [0.29, 0.717) is 41.2 Å². The largest absolute Gasteiger partial charge is 0.490 e. The molecule has 0 unspecified atom stereocenters. The van der Waals surface area contributed by atoms with Crippen molar-refractivity contribution in [2.75, 3.05) is 13.2 Å². The molecule has 0 aromatic heterocycles. The molecule has 0 saturated carbocycles. The van der Waals surface area contributed by atoms with Crippen LogP contribution in [0.3, 0.4) is 0 Å². The third-order valence-corrected chi connectivity index (χ3v) is 5.45. The molecule has 186 valence electrons. The van der Waals surface area contributed by atoms with E-state index >= 15 is 0 Å². The van der Waals surface area contributed by atoms with Crippen LogP contribution >= 0.6 is 12.2 Å². The summed E-state index contributed by atoms with van der Waals surface area (Å²) in [6, 6.07) is 9.60. The first kappa shape index (κ1) is 26.3. The number of carbonyl (C=O) groups excluding carboxylic acids is 2. The molecule has 0 radical (unpaired) electrons. The van der Waals surface area contributed by atoms with Crippen molar-refractivity contribution in [1.82, 2.24) is 10.2 Å². The maximum Gasteiger partial charge on any atom is 0.269 e. The third-order valence-electron chi connectivity index (χ3n) is 5.13. The SMILES string of the molecule is C=CCc1cc(/C=C2\C(=O)NC(=S)N(CC=C)C2=O)cc(OCC)c1OCc1cccc([N+](=O)[O-])c1. The summed E-state index contributed by atoms with van der Waals surface area (Å²) in [6.07, 6.45) is 5.08. The molecule has 0 spiro atoms. The third kappa shape index (κ3) is 6.02. The Balaban J connectivity index is 2.00. The Morgan fingerprint density at radius 1 is 1.17 bits per heavy atom. The van der Waals surface area contributed by atoms with E-state index in [9.17, 15) is 19.7 Å². The van der Waals surface area contributed by atoms with Gasteiger partial charge in [-0.05, 0) is 54.9 Å². The first-order valence-electron chi connectivity index (χ1n) is 11.1. The molecule has 1 aliphatic rings. The Labute approximate surface area is 213 Å². The number of nitro benzene ring substituents is 1. The average Bonchev–Trinajstić information content (AvgIpc) is 2.84. The van der Waals surface area contributed by atoms with Crippen molar-refractivity contribution in [2.24, 2.45) is 0 Å². The lowest BCUT2D eigenvalue weighted by Crippen LogP contribution is -2.53. The lowest BCUT2D eigenvalue weighted by atomic mass is 10.0. The van der Waals surface area contributed by atoms with E-state index in [4.69, 9.17) is 21.7 Å². The molecule has 9 nitrogen and oxygen atoms in total. The Morgan fingerprint density at radius 3 is 2.61 bits per heavy atom. The quantitative estimate of drug-likeness (QED) is 0.122. The number of amides is 2. The van der Waals surface area contributed by atoms with Crippen molar-refractivity contribution in [1.29, 1.82) is 0 Å². The van der Waals surface area contributed by atoms with Crippen molar-refractivity contribution in [3.63, 3.8) is 0 Å². The van der Waals surface area contributed by atoms with E-state index in [0.717, 1.165) is 0 Å². The minimum Gasteiger partial charge on any atom is -0.490 e. The topological polar surface area (TPSA) is 111 Å². The number of rotatable bonds is 11. The minimum atomic E-state index is -0.598. The summed E-state index contributed by atoms with van der Waals surface area (Å²) in [5, 5.41) is 13.6. The molecule has 0 atom stereocenters. The number of non-ortho nitro benzene ring substituents is 1. The van der Waals surface area contributed by atoms with E-state index < -0.39 is 16.7 Å². The highest BCUT2D eigenvalue weighted by molar-refractivity contribution is 7.80. The molecule has 1 fully saturated rings. The maximum absolute atomic E-state index is 12.9. The zero-order valence-corrected chi connectivity index (χ0v) is 20.5. The van der Waals surface area contributed by atoms with Gasteiger partial charge in [-0.2, -0.15) is 0 Å². The highest BCUT2D eigenvalue weighted by Gasteiger charge is 2.32. The zero-order chi connectivity index (χ0) is 26.2. The van der Waals surface area contributed by atoms with Crippen LogP contribution in [0.5, 0.6) is 11.5 Å². The number of nitro groups is 1. The molecular formula is C26H25N3O6S. The predicted octanol–water partition coefficient (Wildman–Crippen LogP) is 4.11. The normalized spacial score (nSPS) is 14.4. The van der Waals surface area contributed by atoms with Crippen LogP contribution in [0.4, 0.5) is 5.69 Å². The molecule has 1 N–H and O–H groups in total. The number of carbonyl (C=O) groups is 2. The van der Waals surface area contributed by atoms with Gasteiger partial charge in [-0.25, -0.2) is 0 Å². The zero-order valence-electron chi connectivity index (χ0n) is 19.7. The number of ether oxygens (including phenoxy) is 2. The van der Waals surface area contributed by atoms with Crippen LogP contribution < -0.4 is 14.8 Å². The second-order valence-electron chi connectivity index (χ2n) is 7.67. The van der Waals surface area contributed by atoms with Gasteiger partial charge in [-0.3, -0.25) is 29.9 Å². The van der Waals surface area contributed by atoms with E-state index in [1.54, 1.807) is 30.3 Å². The molecule has 36 heavy (non-hydrogen) atoms. The van der Waals surface area contributed by atoms with E-state index in [1.165, 1.54) is 29.2 Å². The molecule has 1 aliphatic heterocycles. The van der Waals surface area contributed by atoms with E-state index in [1.807, 2.05) is 6.92 Å². The number of thiocarbonyl (C=S) groups is 1. The highest BCUT2D eigenvalue weighted by atomic mass is 32.1. The van der Waals surface area contributed by atoms with Gasteiger partial charge in [-0.1, -0.05) is 24.3 Å². The number of hydrogen-bond donors (Lipinski definition) is 1. The summed E-state index contributed by atoms with van der Waals surface area (Å²) in [7, 11) is 0. The summed E-state index contributed by atoms with van der Waals surface area (Å²) < 4.78 is 11.9. The summed E-state index contributed by atoms with van der Waals surface area (Å²) >= 11 is 5.10. The predicted molar refractivity (Wildman–Crippen MR) is 140 cm³/mol. The van der Waals surface area contributed by atoms with Crippen molar-refractivity contribution < 1.29 is 24.0 Å². The van der Waals surface area contributed by atoms with Crippen LogP contribution in [0.1, 0.15) is 23.6 Å². The monoisotopic (exact) mass is 507 g/mol. The number of allylic oxidation sites excluding steroid dienone is 1. The van der Waals surface area contributed by atoms with Gasteiger partial charge in [0.2, 0.25) is 0 Å². The van der Waals surface area contributed by atoms with Gasteiger partial charge in [0.15, 0.2) is 16.6 Å². The molecule has 2 amide bonds. The number of nitrogens with one attached hydrogen (secondary N) is 1. The number of nitrogens with zero attached hydrogens (tertiary/aromatic N) is 2. The fourth-order valence-electron chi connectivity index (χ4n) is 3.57. The van der Waals surface area contributed by atoms with Crippen LogP contribution in [0.2, 0.25) is 0 Å². The second kappa shape index (κ2) is 11.9. The van der Waals surface area contributed by atoms with E-state index in [2.05, 4.69) is 18.5 Å². The summed E-state index contributed by atoms with van der Waals surface area (Å²) in [4.78, 5) is 37.3. The van der Waals surface area contributed by atoms with Crippen molar-refractivity contribution in [3.05, 3.63) is 94.1 Å². The van der Waals surface area contributed by atoms with Gasteiger partial charge in [0.05, 0.1) is 11.5 Å². The van der Waals surface area contributed by atoms with Gasteiger partial charge >= 0.3 is 0 Å². The van der Waals surface area contributed by atoms with Crippen molar-refractivity contribution in [3.8, 4) is 11.5 Å². The summed E-state index contributed by atoms with van der Waals surface area (Å²) in [6.45, 7) is 9.79. The van der Waals surface area contributed by atoms with Gasteiger partial charge in [0, 0.05) is 24.2 Å². The maximum atomic E-state index is 12.9. The van der Waals surface area contributed by atoms with Crippen molar-refractivity contribution in [2.45, 2.75) is 20.0 Å².